The van der Waals surface area contributed by atoms with Crippen LogP contribution in [0.3, 0.4) is 0 Å². The van der Waals surface area contributed by atoms with Crippen LogP contribution in [0.4, 0.5) is 4.39 Å². The largest absolute Gasteiger partial charge is 0.437 e. The van der Waals surface area contributed by atoms with Gasteiger partial charge in [0.05, 0.1) is 0 Å². The number of nitrogens with zero attached hydrogens (tertiary/aromatic N) is 1. The molecule has 1 aromatic heterocycles. The molecule has 3 nitrogen and oxygen atoms in total. The first kappa shape index (κ1) is 14.5. The summed E-state index contributed by atoms with van der Waals surface area (Å²) in [5.41, 5.74) is 1.82. The van der Waals surface area contributed by atoms with Gasteiger partial charge in [0.15, 0.2) is 17.3 Å². The van der Waals surface area contributed by atoms with Crippen LogP contribution in [0.1, 0.15) is 64.9 Å². The van der Waals surface area contributed by atoms with Gasteiger partial charge in [-0.1, -0.05) is 20.3 Å². The first-order valence-corrected chi connectivity index (χ1v) is 7.88. The van der Waals surface area contributed by atoms with E-state index in [-0.39, 0.29) is 24.8 Å². The van der Waals surface area contributed by atoms with E-state index >= 15 is 0 Å². The molecule has 3 rings (SSSR count). The van der Waals surface area contributed by atoms with Crippen LogP contribution in [0.25, 0.3) is 11.1 Å². The number of aromatic nitrogens is 1. The number of nitrogens with one attached hydrogen (secondary N) is 1. The molecule has 0 amide bonds. The lowest BCUT2D eigenvalue weighted by molar-refractivity contribution is 0.292. The fourth-order valence-electron chi connectivity index (χ4n) is 2.68. The minimum absolute atomic E-state index is 0. The Kier molecular flexibility index (Phi) is 3.98. The van der Waals surface area contributed by atoms with Crippen LogP contribution in [0.5, 0.6) is 0 Å². The highest BCUT2D eigenvalue weighted by Gasteiger charge is 2.20. The van der Waals surface area contributed by atoms with Crippen LogP contribution >= 0.6 is 0 Å². The van der Waals surface area contributed by atoms with Crippen LogP contribution in [0, 0.1) is 11.7 Å². The van der Waals surface area contributed by atoms with E-state index in [1.807, 2.05) is 19.9 Å². The second-order valence-electron chi connectivity index (χ2n) is 6.48. The molecule has 1 aliphatic carbocycles. The number of oxazole rings is 1. The van der Waals surface area contributed by atoms with Gasteiger partial charge in [0.25, 0.3) is 0 Å². The molecular weight excluding hydrogens is 267 g/mol. The van der Waals surface area contributed by atoms with Crippen molar-refractivity contribution in [1.29, 1.82) is 0 Å². The third kappa shape index (κ3) is 2.95. The first-order valence-electron chi connectivity index (χ1n) is 7.88. The first-order chi connectivity index (χ1) is 10.0. The lowest BCUT2D eigenvalue weighted by atomic mass is 9.85. The molecule has 1 aliphatic rings. The summed E-state index contributed by atoms with van der Waals surface area (Å²) in [7, 11) is 0. The molecule has 2 aromatic rings. The Balaban J connectivity index is 0.00000176. The van der Waals surface area contributed by atoms with E-state index in [0.717, 1.165) is 18.0 Å². The summed E-state index contributed by atoms with van der Waals surface area (Å²) in [6.07, 6.45) is 3.97. The van der Waals surface area contributed by atoms with Gasteiger partial charge in [0, 0.05) is 13.4 Å². The predicted octanol–water partition coefficient (Wildman–Crippen LogP) is 4.79. The van der Waals surface area contributed by atoms with Crippen molar-refractivity contribution in [2.45, 2.75) is 52.0 Å². The van der Waals surface area contributed by atoms with E-state index in [9.17, 15) is 4.39 Å². The Morgan fingerprint density at radius 1 is 1.38 bits per heavy atom. The molecule has 0 aliphatic heterocycles. The van der Waals surface area contributed by atoms with Gasteiger partial charge >= 0.3 is 0 Å². The second kappa shape index (κ2) is 5.76. The molecule has 0 spiro atoms. The summed E-state index contributed by atoms with van der Waals surface area (Å²) < 4.78 is 19.7. The Morgan fingerprint density at radius 2 is 2.14 bits per heavy atom. The maximum atomic E-state index is 14.2. The van der Waals surface area contributed by atoms with E-state index < -0.39 is 0 Å². The fraction of sp³-hybridized carbons (Fsp3) is 0.588. The van der Waals surface area contributed by atoms with E-state index in [1.165, 1.54) is 19.3 Å². The van der Waals surface area contributed by atoms with Crippen LogP contribution in [-0.4, -0.2) is 11.5 Å². The third-order valence-corrected chi connectivity index (χ3v) is 4.41. The Morgan fingerprint density at radius 3 is 2.76 bits per heavy atom. The lowest BCUT2D eigenvalue weighted by Crippen LogP contribution is -2.29. The Hall–Kier alpha value is -1.42. The van der Waals surface area contributed by atoms with Crippen LogP contribution in [-0.2, 0) is 0 Å². The van der Waals surface area contributed by atoms with E-state index in [2.05, 4.69) is 17.2 Å². The van der Waals surface area contributed by atoms with Gasteiger partial charge in [-0.15, -0.1) is 0 Å². The summed E-state index contributed by atoms with van der Waals surface area (Å²) in [6, 6.07) is 3.63. The van der Waals surface area contributed by atoms with Crippen molar-refractivity contribution < 1.29 is 10.2 Å². The molecule has 116 valence electrons. The summed E-state index contributed by atoms with van der Waals surface area (Å²) in [5.74, 6) is 1.23. The Labute approximate surface area is 126 Å². The monoisotopic (exact) mass is 292 g/mol. The SMILES string of the molecule is CC(C)c1nc2cc([C@@H](C)NCC3CCC3)cc(F)c2o1.[HH]. The molecule has 4 heteroatoms. The van der Waals surface area contributed by atoms with Crippen molar-refractivity contribution >= 4 is 11.1 Å². The molecule has 21 heavy (non-hydrogen) atoms. The Bertz CT molecular complexity index is 637. The molecule has 0 bridgehead atoms. The molecule has 1 atom stereocenters. The molecule has 1 aromatic carbocycles. The average molecular weight is 292 g/mol. The van der Waals surface area contributed by atoms with Gasteiger partial charge < -0.3 is 9.73 Å². The zero-order valence-corrected chi connectivity index (χ0v) is 12.9. The zero-order chi connectivity index (χ0) is 15.0. The number of hydrogen-bond donors (Lipinski definition) is 1. The van der Waals surface area contributed by atoms with E-state index in [4.69, 9.17) is 4.42 Å². The highest BCUT2D eigenvalue weighted by molar-refractivity contribution is 5.74. The third-order valence-electron chi connectivity index (χ3n) is 4.41. The van der Waals surface area contributed by atoms with Crippen molar-refractivity contribution in [3.8, 4) is 0 Å². The van der Waals surface area contributed by atoms with Gasteiger partial charge in [-0.25, -0.2) is 9.37 Å². The van der Waals surface area contributed by atoms with Crippen LogP contribution < -0.4 is 5.32 Å². The van der Waals surface area contributed by atoms with Crippen molar-refractivity contribution in [2.24, 2.45) is 5.92 Å². The van der Waals surface area contributed by atoms with E-state index in [1.54, 1.807) is 6.07 Å². The molecule has 0 radical (unpaired) electrons. The molecule has 1 fully saturated rings. The fourth-order valence-corrected chi connectivity index (χ4v) is 2.68. The lowest BCUT2D eigenvalue weighted by Gasteiger charge is -2.27. The van der Waals surface area contributed by atoms with Crippen LogP contribution in [0.2, 0.25) is 0 Å². The highest BCUT2D eigenvalue weighted by Crippen LogP contribution is 2.28. The quantitative estimate of drug-likeness (QED) is 0.861. The number of rotatable bonds is 5. The average Bonchev–Trinajstić information content (AvgIpc) is 2.81. The van der Waals surface area contributed by atoms with E-state index in [0.29, 0.717) is 11.4 Å². The normalized spacial score (nSPS) is 17.4. The maximum Gasteiger partial charge on any atom is 0.198 e. The smallest absolute Gasteiger partial charge is 0.198 e. The molecule has 0 saturated heterocycles. The molecule has 1 saturated carbocycles. The van der Waals surface area contributed by atoms with Gasteiger partial charge in [0.2, 0.25) is 0 Å². The van der Waals surface area contributed by atoms with Crippen molar-refractivity contribution in [3.05, 3.63) is 29.4 Å². The van der Waals surface area contributed by atoms with Gasteiger partial charge in [0.1, 0.15) is 5.52 Å². The minimum atomic E-state index is -0.320. The van der Waals surface area contributed by atoms with Gasteiger partial charge in [-0.2, -0.15) is 0 Å². The number of fused-ring (bicyclic) bond motifs is 1. The second-order valence-corrected chi connectivity index (χ2v) is 6.48. The highest BCUT2D eigenvalue weighted by atomic mass is 19.1. The number of hydrogen-bond acceptors (Lipinski definition) is 3. The minimum Gasteiger partial charge on any atom is -0.437 e. The molecular formula is C17H25FN2O. The molecule has 1 N–H and O–H groups in total. The zero-order valence-electron chi connectivity index (χ0n) is 12.9. The molecule has 0 unspecified atom stereocenters. The predicted molar refractivity (Wildman–Crippen MR) is 83.9 cm³/mol. The van der Waals surface area contributed by atoms with Gasteiger partial charge in [-0.3, -0.25) is 0 Å². The van der Waals surface area contributed by atoms with Crippen molar-refractivity contribution in [1.82, 2.24) is 10.3 Å². The summed E-state index contributed by atoms with van der Waals surface area (Å²) >= 11 is 0. The van der Waals surface area contributed by atoms with Crippen molar-refractivity contribution in [2.75, 3.05) is 6.54 Å². The van der Waals surface area contributed by atoms with Crippen LogP contribution in [0.15, 0.2) is 16.5 Å². The summed E-state index contributed by atoms with van der Waals surface area (Å²) in [6.45, 7) is 7.07. The summed E-state index contributed by atoms with van der Waals surface area (Å²) in [5, 5.41) is 3.50. The van der Waals surface area contributed by atoms with Gasteiger partial charge in [-0.05, 0) is 49.9 Å². The number of halogens is 1. The topological polar surface area (TPSA) is 38.1 Å². The number of benzene rings is 1. The van der Waals surface area contributed by atoms with Crippen molar-refractivity contribution in [3.63, 3.8) is 0 Å². The molecule has 1 heterocycles. The maximum absolute atomic E-state index is 14.2. The summed E-state index contributed by atoms with van der Waals surface area (Å²) in [4.78, 5) is 4.40. The standard InChI is InChI=1S/C17H23FN2O.H2/c1-10(2)17-20-15-8-13(7-14(18)16(15)21-17)11(3)19-9-12-5-4-6-12;/h7-8,10-12,19H,4-6,9H2,1-3H3;1H/t11-;/m1./s1.